The quantitative estimate of drug-likeness (QED) is 0.578. The van der Waals surface area contributed by atoms with E-state index < -0.39 is 35.6 Å². The number of nitrogens with zero attached hydrogens (tertiary/aromatic N) is 2. The molecule has 1 unspecified atom stereocenters. The van der Waals surface area contributed by atoms with E-state index in [4.69, 9.17) is 15.2 Å². The molecular formula is C10H12FN3O5. The summed E-state index contributed by atoms with van der Waals surface area (Å²) in [5.74, 6) is -1.86. The van der Waals surface area contributed by atoms with E-state index in [1.165, 1.54) is 19.4 Å². The number of methoxy groups -OCH3 is 1. The van der Waals surface area contributed by atoms with Crippen LogP contribution in [0.25, 0.3) is 0 Å². The predicted molar refractivity (Wildman–Crippen MR) is 58.6 cm³/mol. The first-order chi connectivity index (χ1) is 8.88. The zero-order valence-electron chi connectivity index (χ0n) is 9.86. The Morgan fingerprint density at radius 2 is 2.37 bits per heavy atom. The van der Waals surface area contributed by atoms with E-state index in [2.05, 4.69) is 4.98 Å². The van der Waals surface area contributed by atoms with Gasteiger partial charge in [-0.3, -0.25) is 4.57 Å². The molecule has 0 radical (unpaired) electrons. The van der Waals surface area contributed by atoms with Crippen molar-refractivity contribution in [3.63, 3.8) is 0 Å². The Kier molecular flexibility index (Phi) is 2.31. The zero-order chi connectivity index (χ0) is 14.0. The van der Waals surface area contributed by atoms with Gasteiger partial charge in [0.2, 0.25) is 5.79 Å². The number of aliphatic hydroxyl groups excluding tert-OH is 1. The molecule has 0 bridgehead atoms. The van der Waals surface area contributed by atoms with Crippen LogP contribution in [0.3, 0.4) is 0 Å². The first-order valence-electron chi connectivity index (χ1n) is 5.50. The van der Waals surface area contributed by atoms with Gasteiger partial charge in [-0.1, -0.05) is 0 Å². The highest BCUT2D eigenvalue weighted by atomic mass is 19.1. The van der Waals surface area contributed by atoms with Gasteiger partial charge in [0.15, 0.2) is 18.0 Å². The van der Waals surface area contributed by atoms with Crippen molar-refractivity contribution in [1.82, 2.24) is 9.55 Å². The first kappa shape index (κ1) is 12.5. The molecule has 19 heavy (non-hydrogen) atoms. The van der Waals surface area contributed by atoms with Crippen molar-refractivity contribution >= 4 is 5.82 Å². The molecular weight excluding hydrogens is 261 g/mol. The molecule has 0 aromatic carbocycles. The van der Waals surface area contributed by atoms with Crippen LogP contribution in [0.5, 0.6) is 0 Å². The summed E-state index contributed by atoms with van der Waals surface area (Å²) in [6.07, 6.45) is -3.78. The number of nitrogen functional groups attached to an aromatic ring is 1. The van der Waals surface area contributed by atoms with E-state index in [0.29, 0.717) is 0 Å². The molecule has 4 N–H and O–H groups in total. The highest BCUT2D eigenvalue weighted by molar-refractivity contribution is 5.31. The standard InChI is InChI=1S/C10H12FN3O5/c1-18-10-7(15)9(10,17)5(11)6(19-10)14-3-2-4(12)13-8(14)16/h2-3,5-7,15,17H,1H3,(H2,12,13,16)/t5-,6+,7?,9+,10+/m0/s1. The second-order valence-electron chi connectivity index (χ2n) is 4.55. The van der Waals surface area contributed by atoms with Crippen LogP contribution in [0.1, 0.15) is 6.23 Å². The van der Waals surface area contributed by atoms with Crippen LogP contribution in [0.2, 0.25) is 0 Å². The second-order valence-corrected chi connectivity index (χ2v) is 4.55. The van der Waals surface area contributed by atoms with E-state index in [0.717, 1.165) is 4.57 Å². The average Bonchev–Trinajstić information content (AvgIpc) is 2.73. The Morgan fingerprint density at radius 3 is 2.89 bits per heavy atom. The Morgan fingerprint density at radius 1 is 1.68 bits per heavy atom. The van der Waals surface area contributed by atoms with E-state index in [1.807, 2.05) is 0 Å². The van der Waals surface area contributed by atoms with Crippen molar-refractivity contribution in [2.75, 3.05) is 12.8 Å². The minimum absolute atomic E-state index is 0.0139. The summed E-state index contributed by atoms with van der Waals surface area (Å²) in [6, 6.07) is 1.29. The smallest absolute Gasteiger partial charge is 0.351 e. The molecule has 1 aliphatic carbocycles. The number of alkyl halides is 1. The molecule has 2 aliphatic rings. The van der Waals surface area contributed by atoms with E-state index >= 15 is 0 Å². The normalized spacial score (nSPS) is 44.1. The molecule has 0 spiro atoms. The number of ether oxygens (including phenoxy) is 2. The molecule has 1 aromatic rings. The number of hydrogen-bond acceptors (Lipinski definition) is 7. The molecule has 1 aromatic heterocycles. The molecule has 1 saturated carbocycles. The molecule has 1 aliphatic heterocycles. The van der Waals surface area contributed by atoms with Gasteiger partial charge in [-0.2, -0.15) is 4.98 Å². The summed E-state index contributed by atoms with van der Waals surface area (Å²) in [5, 5.41) is 19.5. The maximum atomic E-state index is 14.2. The Balaban J connectivity index is 2.00. The molecule has 2 heterocycles. The predicted octanol–water partition coefficient (Wildman–Crippen LogP) is -1.86. The maximum Gasteiger partial charge on any atom is 0.351 e. The van der Waals surface area contributed by atoms with Crippen LogP contribution in [-0.2, 0) is 9.47 Å². The molecule has 5 atom stereocenters. The third-order valence-electron chi connectivity index (χ3n) is 3.65. The Bertz CT molecular complexity index is 591. The fraction of sp³-hybridized carbons (Fsp3) is 0.600. The SMILES string of the molecule is CO[C@]12O[C@@H](n3ccc(N)nc3=O)[C@H](F)[C@@]1(O)C2O. The van der Waals surface area contributed by atoms with Crippen molar-refractivity contribution in [1.29, 1.82) is 0 Å². The van der Waals surface area contributed by atoms with Crippen molar-refractivity contribution in [2.45, 2.75) is 29.9 Å². The number of rotatable bonds is 2. The monoisotopic (exact) mass is 273 g/mol. The van der Waals surface area contributed by atoms with Gasteiger partial charge in [0.1, 0.15) is 11.9 Å². The van der Waals surface area contributed by atoms with Crippen LogP contribution in [-0.4, -0.2) is 50.5 Å². The summed E-state index contributed by atoms with van der Waals surface area (Å²) in [4.78, 5) is 15.0. The van der Waals surface area contributed by atoms with Crippen molar-refractivity contribution < 1.29 is 24.1 Å². The van der Waals surface area contributed by atoms with Crippen LogP contribution in [0.4, 0.5) is 10.2 Å². The van der Waals surface area contributed by atoms with Gasteiger partial charge in [0.05, 0.1) is 0 Å². The van der Waals surface area contributed by atoms with Crippen molar-refractivity contribution in [3.05, 3.63) is 22.7 Å². The van der Waals surface area contributed by atoms with Crippen LogP contribution < -0.4 is 11.4 Å². The number of hydrogen-bond donors (Lipinski definition) is 3. The highest BCUT2D eigenvalue weighted by Crippen LogP contribution is 2.63. The summed E-state index contributed by atoms with van der Waals surface area (Å²) in [5.41, 5.74) is 2.32. The van der Waals surface area contributed by atoms with Gasteiger partial charge < -0.3 is 25.4 Å². The van der Waals surface area contributed by atoms with Crippen molar-refractivity contribution in [2.24, 2.45) is 0 Å². The summed E-state index contributed by atoms with van der Waals surface area (Å²) < 4.78 is 25.1. The lowest BCUT2D eigenvalue weighted by molar-refractivity contribution is -0.204. The van der Waals surface area contributed by atoms with Gasteiger partial charge in [0, 0.05) is 13.3 Å². The van der Waals surface area contributed by atoms with Gasteiger partial charge >= 0.3 is 5.69 Å². The molecule has 104 valence electrons. The molecule has 3 rings (SSSR count). The van der Waals surface area contributed by atoms with Gasteiger partial charge in [-0.05, 0) is 6.07 Å². The minimum atomic E-state index is -2.19. The van der Waals surface area contributed by atoms with E-state index in [9.17, 15) is 19.4 Å². The summed E-state index contributed by atoms with van der Waals surface area (Å²) >= 11 is 0. The number of anilines is 1. The molecule has 2 fully saturated rings. The zero-order valence-corrected chi connectivity index (χ0v) is 9.86. The molecule has 9 heteroatoms. The summed E-state index contributed by atoms with van der Waals surface area (Å²) in [7, 11) is 1.17. The third-order valence-corrected chi connectivity index (χ3v) is 3.65. The summed E-state index contributed by atoms with van der Waals surface area (Å²) in [6.45, 7) is 0. The number of aromatic nitrogens is 2. The topological polar surface area (TPSA) is 120 Å². The number of halogens is 1. The Labute approximate surface area is 106 Å². The van der Waals surface area contributed by atoms with Crippen molar-refractivity contribution in [3.8, 4) is 0 Å². The maximum absolute atomic E-state index is 14.2. The lowest BCUT2D eigenvalue weighted by Crippen LogP contribution is -2.38. The van der Waals surface area contributed by atoms with Gasteiger partial charge in [-0.15, -0.1) is 0 Å². The fourth-order valence-electron chi connectivity index (χ4n) is 2.51. The van der Waals surface area contributed by atoms with Gasteiger partial charge in [0.25, 0.3) is 0 Å². The average molecular weight is 273 g/mol. The number of nitrogens with two attached hydrogens (primary N) is 1. The van der Waals surface area contributed by atoms with Crippen LogP contribution >= 0.6 is 0 Å². The number of fused-ring (bicyclic) bond motifs is 1. The molecule has 8 nitrogen and oxygen atoms in total. The number of aliphatic hydroxyl groups is 2. The molecule has 0 amide bonds. The van der Waals surface area contributed by atoms with Crippen LogP contribution in [0.15, 0.2) is 17.1 Å². The van der Waals surface area contributed by atoms with E-state index in [-0.39, 0.29) is 5.82 Å². The first-order valence-corrected chi connectivity index (χ1v) is 5.50. The fourth-order valence-corrected chi connectivity index (χ4v) is 2.51. The highest BCUT2D eigenvalue weighted by Gasteiger charge is 2.90. The Hall–Kier alpha value is -1.55. The molecule has 1 saturated heterocycles. The third kappa shape index (κ3) is 1.25. The van der Waals surface area contributed by atoms with E-state index in [1.54, 1.807) is 0 Å². The lowest BCUT2D eigenvalue weighted by Gasteiger charge is -2.21. The lowest BCUT2D eigenvalue weighted by atomic mass is 10.2. The van der Waals surface area contributed by atoms with Crippen LogP contribution in [0, 0.1) is 0 Å². The second kappa shape index (κ2) is 3.51. The largest absolute Gasteiger partial charge is 0.384 e. The minimum Gasteiger partial charge on any atom is -0.384 e. The van der Waals surface area contributed by atoms with Gasteiger partial charge in [-0.25, -0.2) is 9.18 Å².